The maximum absolute atomic E-state index is 4.83. The van der Waals surface area contributed by atoms with E-state index in [1.807, 2.05) is 12.4 Å². The van der Waals surface area contributed by atoms with Crippen molar-refractivity contribution in [2.24, 2.45) is 5.92 Å². The predicted molar refractivity (Wildman–Crippen MR) is 88.5 cm³/mol. The van der Waals surface area contributed by atoms with Crippen LogP contribution in [0.15, 0.2) is 12.4 Å². The van der Waals surface area contributed by atoms with Crippen LogP contribution in [0.2, 0.25) is 0 Å². The standard InChI is InChI=1S/C17H30N4/c1-4-18-11-15-12-19-13-17(20-15)21(10-9-14(2)3)16-7-5-6-8-16/h12-14,16,18H,4-11H2,1-3H3. The highest BCUT2D eigenvalue weighted by molar-refractivity contribution is 5.38. The van der Waals surface area contributed by atoms with Crippen molar-refractivity contribution < 1.29 is 0 Å². The molecule has 0 aromatic carbocycles. The van der Waals surface area contributed by atoms with E-state index in [-0.39, 0.29) is 0 Å². The molecule has 1 aliphatic carbocycles. The molecule has 0 amide bonds. The minimum absolute atomic E-state index is 0.660. The Kier molecular flexibility index (Phi) is 6.43. The number of nitrogens with one attached hydrogen (secondary N) is 1. The zero-order chi connectivity index (χ0) is 15.1. The van der Waals surface area contributed by atoms with Crippen molar-refractivity contribution in [2.75, 3.05) is 18.0 Å². The fourth-order valence-electron chi connectivity index (χ4n) is 2.97. The Hall–Kier alpha value is -1.16. The van der Waals surface area contributed by atoms with E-state index in [1.54, 1.807) is 0 Å². The van der Waals surface area contributed by atoms with Gasteiger partial charge in [-0.3, -0.25) is 4.98 Å². The fraction of sp³-hybridized carbons (Fsp3) is 0.765. The number of anilines is 1. The van der Waals surface area contributed by atoms with Gasteiger partial charge in [-0.15, -0.1) is 0 Å². The van der Waals surface area contributed by atoms with Crippen LogP contribution in [0, 0.1) is 5.92 Å². The van der Waals surface area contributed by atoms with Crippen LogP contribution in [-0.4, -0.2) is 29.1 Å². The molecule has 0 atom stereocenters. The molecule has 1 N–H and O–H groups in total. The van der Waals surface area contributed by atoms with E-state index >= 15 is 0 Å². The lowest BCUT2D eigenvalue weighted by atomic mass is 10.1. The highest BCUT2D eigenvalue weighted by atomic mass is 15.2. The number of hydrogen-bond acceptors (Lipinski definition) is 4. The van der Waals surface area contributed by atoms with E-state index in [4.69, 9.17) is 4.98 Å². The van der Waals surface area contributed by atoms with Crippen LogP contribution in [0.1, 0.15) is 58.6 Å². The highest BCUT2D eigenvalue weighted by Crippen LogP contribution is 2.27. The van der Waals surface area contributed by atoms with Crippen LogP contribution in [-0.2, 0) is 6.54 Å². The first-order valence-corrected chi connectivity index (χ1v) is 8.49. The molecular formula is C17H30N4. The van der Waals surface area contributed by atoms with E-state index in [0.29, 0.717) is 6.04 Å². The van der Waals surface area contributed by atoms with Crippen molar-refractivity contribution in [1.29, 1.82) is 0 Å². The molecule has 0 saturated heterocycles. The zero-order valence-electron chi connectivity index (χ0n) is 13.8. The van der Waals surface area contributed by atoms with Crippen LogP contribution in [0.3, 0.4) is 0 Å². The first-order chi connectivity index (χ1) is 10.2. The van der Waals surface area contributed by atoms with E-state index < -0.39 is 0 Å². The highest BCUT2D eigenvalue weighted by Gasteiger charge is 2.24. The molecule has 1 aromatic heterocycles. The van der Waals surface area contributed by atoms with Gasteiger partial charge in [-0.05, 0) is 31.7 Å². The number of rotatable bonds is 8. The Bertz CT molecular complexity index is 413. The summed E-state index contributed by atoms with van der Waals surface area (Å²) in [5.41, 5.74) is 1.04. The summed E-state index contributed by atoms with van der Waals surface area (Å²) in [5.74, 6) is 1.80. The Morgan fingerprint density at radius 3 is 2.71 bits per heavy atom. The summed E-state index contributed by atoms with van der Waals surface area (Å²) in [6.07, 6.45) is 10.3. The molecule has 0 radical (unpaired) electrons. The van der Waals surface area contributed by atoms with Crippen LogP contribution in [0.4, 0.5) is 5.82 Å². The van der Waals surface area contributed by atoms with Crippen molar-refractivity contribution in [3.63, 3.8) is 0 Å². The monoisotopic (exact) mass is 290 g/mol. The van der Waals surface area contributed by atoms with E-state index in [2.05, 4.69) is 36.0 Å². The van der Waals surface area contributed by atoms with Gasteiger partial charge in [-0.25, -0.2) is 4.98 Å². The van der Waals surface area contributed by atoms with Gasteiger partial charge >= 0.3 is 0 Å². The van der Waals surface area contributed by atoms with Gasteiger partial charge in [0.15, 0.2) is 0 Å². The maximum Gasteiger partial charge on any atom is 0.147 e. The topological polar surface area (TPSA) is 41.1 Å². The van der Waals surface area contributed by atoms with Gasteiger partial charge in [0.25, 0.3) is 0 Å². The predicted octanol–water partition coefficient (Wildman–Crippen LogP) is 3.38. The largest absolute Gasteiger partial charge is 0.352 e. The third kappa shape index (κ3) is 4.95. The van der Waals surface area contributed by atoms with Crippen molar-refractivity contribution in [3.8, 4) is 0 Å². The molecule has 1 saturated carbocycles. The summed E-state index contributed by atoms with van der Waals surface area (Å²) in [6.45, 7) is 9.57. The third-order valence-corrected chi connectivity index (χ3v) is 4.23. The summed E-state index contributed by atoms with van der Waals surface area (Å²) in [4.78, 5) is 11.8. The minimum Gasteiger partial charge on any atom is -0.352 e. The van der Waals surface area contributed by atoms with E-state index in [9.17, 15) is 0 Å². The Morgan fingerprint density at radius 2 is 2.05 bits per heavy atom. The average Bonchev–Trinajstić information content (AvgIpc) is 2.99. The molecule has 0 unspecified atom stereocenters. The molecule has 1 fully saturated rings. The molecule has 1 aliphatic rings. The lowest BCUT2D eigenvalue weighted by molar-refractivity contribution is 0.523. The van der Waals surface area contributed by atoms with Crippen LogP contribution >= 0.6 is 0 Å². The molecule has 21 heavy (non-hydrogen) atoms. The SMILES string of the molecule is CCNCc1cncc(N(CCC(C)C)C2CCCC2)n1. The van der Waals surface area contributed by atoms with Gasteiger partial charge in [0.1, 0.15) is 5.82 Å². The average molecular weight is 290 g/mol. The smallest absolute Gasteiger partial charge is 0.147 e. The van der Waals surface area contributed by atoms with E-state index in [1.165, 1.54) is 32.1 Å². The van der Waals surface area contributed by atoms with Crippen molar-refractivity contribution >= 4 is 5.82 Å². The number of aromatic nitrogens is 2. The van der Waals surface area contributed by atoms with Crippen LogP contribution < -0.4 is 10.2 Å². The van der Waals surface area contributed by atoms with Gasteiger partial charge in [0.2, 0.25) is 0 Å². The molecular weight excluding hydrogens is 260 g/mol. The van der Waals surface area contributed by atoms with Gasteiger partial charge < -0.3 is 10.2 Å². The fourth-order valence-corrected chi connectivity index (χ4v) is 2.97. The maximum atomic E-state index is 4.83. The normalized spacial score (nSPS) is 15.8. The molecule has 0 aliphatic heterocycles. The van der Waals surface area contributed by atoms with Gasteiger partial charge in [-0.2, -0.15) is 0 Å². The molecule has 118 valence electrons. The summed E-state index contributed by atoms with van der Waals surface area (Å²) in [6, 6.07) is 0.660. The molecule has 1 aromatic rings. The number of hydrogen-bond donors (Lipinski definition) is 1. The van der Waals surface area contributed by atoms with Crippen LogP contribution in [0.25, 0.3) is 0 Å². The lowest BCUT2D eigenvalue weighted by Gasteiger charge is -2.30. The van der Waals surface area contributed by atoms with Gasteiger partial charge in [0.05, 0.1) is 11.9 Å². The molecule has 0 spiro atoms. The Balaban J connectivity index is 2.10. The van der Waals surface area contributed by atoms with Gasteiger partial charge in [-0.1, -0.05) is 33.6 Å². The van der Waals surface area contributed by atoms with Crippen LogP contribution in [0.5, 0.6) is 0 Å². The minimum atomic E-state index is 0.660. The molecule has 2 rings (SSSR count). The first-order valence-electron chi connectivity index (χ1n) is 8.49. The Morgan fingerprint density at radius 1 is 1.29 bits per heavy atom. The van der Waals surface area contributed by atoms with E-state index in [0.717, 1.165) is 37.1 Å². The zero-order valence-corrected chi connectivity index (χ0v) is 13.8. The second-order valence-corrected chi connectivity index (χ2v) is 6.46. The molecule has 4 heteroatoms. The van der Waals surface area contributed by atoms with Crippen molar-refractivity contribution in [3.05, 3.63) is 18.1 Å². The molecule has 1 heterocycles. The lowest BCUT2D eigenvalue weighted by Crippen LogP contribution is -2.35. The quantitative estimate of drug-likeness (QED) is 0.797. The van der Waals surface area contributed by atoms with Crippen molar-refractivity contribution in [1.82, 2.24) is 15.3 Å². The third-order valence-electron chi connectivity index (χ3n) is 4.23. The summed E-state index contributed by atoms with van der Waals surface area (Å²) in [5, 5.41) is 3.33. The number of nitrogens with zero attached hydrogens (tertiary/aromatic N) is 3. The van der Waals surface area contributed by atoms with Crippen molar-refractivity contribution in [2.45, 2.75) is 65.5 Å². The molecule has 0 bridgehead atoms. The van der Waals surface area contributed by atoms with Gasteiger partial charge in [0, 0.05) is 25.3 Å². The second-order valence-electron chi connectivity index (χ2n) is 6.46. The second kappa shape index (κ2) is 8.32. The Labute approximate surface area is 129 Å². The summed E-state index contributed by atoms with van der Waals surface area (Å²) in [7, 11) is 0. The summed E-state index contributed by atoms with van der Waals surface area (Å²) < 4.78 is 0. The first kappa shape index (κ1) is 16.2. The summed E-state index contributed by atoms with van der Waals surface area (Å²) >= 11 is 0. The molecule has 4 nitrogen and oxygen atoms in total.